The normalized spacial score (nSPS) is 10.2. The monoisotopic (exact) mass is 233 g/mol. The predicted octanol–water partition coefficient (Wildman–Crippen LogP) is 1.82. The van der Waals surface area contributed by atoms with Gasteiger partial charge in [0.2, 0.25) is 5.89 Å². The Hall–Kier alpha value is -2.11. The van der Waals surface area contributed by atoms with Crippen LogP contribution in [0.4, 0.5) is 11.5 Å². The zero-order valence-corrected chi connectivity index (χ0v) is 9.90. The third-order valence-corrected chi connectivity index (χ3v) is 2.13. The Kier molecular flexibility index (Phi) is 3.54. The quantitative estimate of drug-likeness (QED) is 0.820. The molecule has 0 fully saturated rings. The lowest BCUT2D eigenvalue weighted by atomic mass is 10.3. The second-order valence-electron chi connectivity index (χ2n) is 3.55. The summed E-state index contributed by atoms with van der Waals surface area (Å²) in [7, 11) is 0. The molecule has 0 aliphatic rings. The lowest BCUT2D eigenvalue weighted by Gasteiger charge is -2.06. The van der Waals surface area contributed by atoms with Gasteiger partial charge in [0.25, 0.3) is 0 Å². The van der Waals surface area contributed by atoms with E-state index in [1.54, 1.807) is 13.1 Å². The maximum atomic E-state index is 5.01. The highest BCUT2D eigenvalue weighted by Gasteiger charge is 2.02. The lowest BCUT2D eigenvalue weighted by Crippen LogP contribution is -2.03. The van der Waals surface area contributed by atoms with E-state index < -0.39 is 0 Å². The number of anilines is 2. The number of nitrogens with one attached hydrogen (secondary N) is 2. The number of aryl methyl sites for hydroxylation is 1. The van der Waals surface area contributed by atoms with Crippen molar-refractivity contribution in [1.82, 2.24) is 15.1 Å². The van der Waals surface area contributed by atoms with Gasteiger partial charge in [0.05, 0.1) is 6.54 Å². The van der Waals surface area contributed by atoms with Crippen LogP contribution in [0.3, 0.4) is 0 Å². The van der Waals surface area contributed by atoms with Crippen LogP contribution < -0.4 is 10.6 Å². The molecule has 0 saturated heterocycles. The molecule has 17 heavy (non-hydrogen) atoms. The molecule has 0 amide bonds. The topological polar surface area (TPSA) is 75.9 Å². The Bertz CT molecular complexity index is 482. The fraction of sp³-hybridized carbons (Fsp3) is 0.364. The molecule has 2 aromatic rings. The molecule has 0 saturated carbocycles. The Balaban J connectivity index is 1.96. The zero-order valence-electron chi connectivity index (χ0n) is 9.90. The van der Waals surface area contributed by atoms with Crippen molar-refractivity contribution >= 4 is 11.5 Å². The van der Waals surface area contributed by atoms with Gasteiger partial charge in [-0.15, -0.1) is 0 Å². The standard InChI is InChI=1S/C11H15N5O/c1-3-12-10-6-9(4-5-13-10)14-7-11-15-8(2)16-17-11/h4-6H,3,7H2,1-2H3,(H2,12,13,14). The molecule has 2 N–H and O–H groups in total. The minimum Gasteiger partial charge on any atom is -0.376 e. The number of hydrogen-bond acceptors (Lipinski definition) is 6. The van der Waals surface area contributed by atoms with E-state index in [0.717, 1.165) is 18.1 Å². The Morgan fingerprint density at radius 3 is 2.94 bits per heavy atom. The van der Waals surface area contributed by atoms with Gasteiger partial charge in [-0.3, -0.25) is 0 Å². The molecule has 0 aliphatic carbocycles. The largest absolute Gasteiger partial charge is 0.376 e. The van der Waals surface area contributed by atoms with Crippen molar-refractivity contribution in [2.75, 3.05) is 17.2 Å². The third-order valence-electron chi connectivity index (χ3n) is 2.13. The Labute approximate surface area is 99.5 Å². The van der Waals surface area contributed by atoms with Crippen molar-refractivity contribution in [1.29, 1.82) is 0 Å². The molecule has 0 atom stereocenters. The first-order valence-electron chi connectivity index (χ1n) is 5.51. The van der Waals surface area contributed by atoms with Crippen molar-refractivity contribution in [3.05, 3.63) is 30.0 Å². The van der Waals surface area contributed by atoms with Gasteiger partial charge in [-0.1, -0.05) is 5.16 Å². The van der Waals surface area contributed by atoms with E-state index in [0.29, 0.717) is 18.3 Å². The molecule has 0 aromatic carbocycles. The van der Waals surface area contributed by atoms with E-state index in [9.17, 15) is 0 Å². The van der Waals surface area contributed by atoms with Gasteiger partial charge in [-0.2, -0.15) is 4.98 Å². The highest BCUT2D eigenvalue weighted by molar-refractivity contribution is 5.51. The van der Waals surface area contributed by atoms with Gasteiger partial charge in [-0.25, -0.2) is 4.98 Å². The van der Waals surface area contributed by atoms with Crippen molar-refractivity contribution in [2.24, 2.45) is 0 Å². The summed E-state index contributed by atoms with van der Waals surface area (Å²) in [6, 6.07) is 3.83. The molecule has 0 radical (unpaired) electrons. The van der Waals surface area contributed by atoms with Gasteiger partial charge < -0.3 is 15.2 Å². The first-order valence-corrected chi connectivity index (χ1v) is 5.51. The number of rotatable bonds is 5. The van der Waals surface area contributed by atoms with Gasteiger partial charge >= 0.3 is 0 Å². The van der Waals surface area contributed by atoms with E-state index in [2.05, 4.69) is 25.8 Å². The van der Waals surface area contributed by atoms with E-state index in [1.165, 1.54) is 0 Å². The van der Waals surface area contributed by atoms with E-state index >= 15 is 0 Å². The van der Waals surface area contributed by atoms with Crippen molar-refractivity contribution in [3.8, 4) is 0 Å². The third kappa shape index (κ3) is 3.17. The highest BCUT2D eigenvalue weighted by Crippen LogP contribution is 2.12. The average Bonchev–Trinajstić information content (AvgIpc) is 2.74. The smallest absolute Gasteiger partial charge is 0.245 e. The van der Waals surface area contributed by atoms with Crippen LogP contribution in [-0.2, 0) is 6.54 Å². The first kappa shape index (κ1) is 11.4. The molecular weight excluding hydrogens is 218 g/mol. The van der Waals surface area contributed by atoms with Gasteiger partial charge in [-0.05, 0) is 19.9 Å². The van der Waals surface area contributed by atoms with Crippen molar-refractivity contribution < 1.29 is 4.52 Å². The molecule has 90 valence electrons. The molecular formula is C11H15N5O. The molecule has 0 unspecified atom stereocenters. The molecule has 0 bridgehead atoms. The summed E-state index contributed by atoms with van der Waals surface area (Å²) in [6.07, 6.45) is 1.75. The molecule has 2 rings (SSSR count). The minimum atomic E-state index is 0.510. The first-order chi connectivity index (χ1) is 8.28. The van der Waals surface area contributed by atoms with Crippen LogP contribution in [0.5, 0.6) is 0 Å². The molecule has 6 nitrogen and oxygen atoms in total. The summed E-state index contributed by atoms with van der Waals surface area (Å²) >= 11 is 0. The average molecular weight is 233 g/mol. The second-order valence-corrected chi connectivity index (χ2v) is 3.55. The maximum absolute atomic E-state index is 5.01. The number of aromatic nitrogens is 3. The second kappa shape index (κ2) is 5.29. The van der Waals surface area contributed by atoms with E-state index in [1.807, 2.05) is 19.1 Å². The zero-order chi connectivity index (χ0) is 12.1. The number of hydrogen-bond donors (Lipinski definition) is 2. The highest BCUT2D eigenvalue weighted by atomic mass is 16.5. The minimum absolute atomic E-state index is 0.510. The fourth-order valence-electron chi connectivity index (χ4n) is 1.41. The van der Waals surface area contributed by atoms with Crippen LogP contribution in [0, 0.1) is 6.92 Å². The molecule has 0 aliphatic heterocycles. The molecule has 2 aromatic heterocycles. The van der Waals surface area contributed by atoms with Crippen molar-refractivity contribution in [2.45, 2.75) is 20.4 Å². The summed E-state index contributed by atoms with van der Waals surface area (Å²) in [4.78, 5) is 8.30. The van der Waals surface area contributed by atoms with E-state index in [4.69, 9.17) is 4.52 Å². The van der Waals surface area contributed by atoms with Crippen LogP contribution in [0.15, 0.2) is 22.9 Å². The van der Waals surface area contributed by atoms with Crippen LogP contribution in [0.1, 0.15) is 18.6 Å². The van der Waals surface area contributed by atoms with Crippen LogP contribution in [-0.4, -0.2) is 21.7 Å². The van der Waals surface area contributed by atoms with Crippen molar-refractivity contribution in [3.63, 3.8) is 0 Å². The molecule has 2 heterocycles. The number of pyridine rings is 1. The van der Waals surface area contributed by atoms with Gasteiger partial charge in [0, 0.05) is 24.5 Å². The predicted molar refractivity (Wildman–Crippen MR) is 64.8 cm³/mol. The lowest BCUT2D eigenvalue weighted by molar-refractivity contribution is 0.379. The Morgan fingerprint density at radius 2 is 2.24 bits per heavy atom. The summed E-state index contributed by atoms with van der Waals surface area (Å²) in [5, 5.41) is 10.1. The van der Waals surface area contributed by atoms with Crippen LogP contribution in [0.25, 0.3) is 0 Å². The summed E-state index contributed by atoms with van der Waals surface area (Å²) in [6.45, 7) is 5.18. The fourth-order valence-corrected chi connectivity index (χ4v) is 1.41. The summed E-state index contributed by atoms with van der Waals surface area (Å²) in [5.41, 5.74) is 0.965. The molecule has 6 heteroatoms. The summed E-state index contributed by atoms with van der Waals surface area (Å²) in [5.74, 6) is 2.06. The van der Waals surface area contributed by atoms with Gasteiger partial charge in [0.15, 0.2) is 5.82 Å². The number of nitrogens with zero attached hydrogens (tertiary/aromatic N) is 3. The summed E-state index contributed by atoms with van der Waals surface area (Å²) < 4.78 is 5.01. The van der Waals surface area contributed by atoms with E-state index in [-0.39, 0.29) is 0 Å². The van der Waals surface area contributed by atoms with Crippen LogP contribution in [0.2, 0.25) is 0 Å². The van der Waals surface area contributed by atoms with Gasteiger partial charge in [0.1, 0.15) is 5.82 Å². The SMILES string of the molecule is CCNc1cc(NCc2nc(C)no2)ccn1. The Morgan fingerprint density at radius 1 is 1.35 bits per heavy atom. The van der Waals surface area contributed by atoms with Crippen LogP contribution >= 0.6 is 0 Å². The maximum Gasteiger partial charge on any atom is 0.245 e. The molecule has 0 spiro atoms.